The zero-order valence-electron chi connectivity index (χ0n) is 17.2. The molecule has 0 spiro atoms. The predicted molar refractivity (Wildman–Crippen MR) is 109 cm³/mol. The first kappa shape index (κ1) is 23.9. The summed E-state index contributed by atoms with van der Waals surface area (Å²) in [7, 11) is 0. The van der Waals surface area contributed by atoms with Gasteiger partial charge in [-0.05, 0) is 38.5 Å². The number of rotatable bonds is 10. The van der Waals surface area contributed by atoms with Crippen molar-refractivity contribution in [3.05, 3.63) is 6.92 Å². The van der Waals surface area contributed by atoms with E-state index in [1.807, 2.05) is 0 Å². The molecule has 0 aromatic heterocycles. The van der Waals surface area contributed by atoms with Gasteiger partial charge in [0.15, 0.2) is 0 Å². The molecule has 0 aromatic rings. The van der Waals surface area contributed by atoms with Crippen LogP contribution in [-0.4, -0.2) is 32.0 Å². The molecule has 2 atom stereocenters. The first-order valence-electron chi connectivity index (χ1n) is 11.5. The van der Waals surface area contributed by atoms with Crippen molar-refractivity contribution in [1.29, 1.82) is 0 Å². The maximum atomic E-state index is 11.7. The molecule has 0 N–H and O–H groups in total. The van der Waals surface area contributed by atoms with E-state index in [4.69, 9.17) is 9.47 Å². The molecule has 154 valence electrons. The van der Waals surface area contributed by atoms with Crippen LogP contribution >= 0.6 is 0 Å². The second kappa shape index (κ2) is 18.3. The third kappa shape index (κ3) is 15.0. The largest absolute Gasteiger partial charge is 0.379 e. The van der Waals surface area contributed by atoms with E-state index in [9.17, 15) is 5.11 Å². The van der Waals surface area contributed by atoms with Crippen LogP contribution in [0.5, 0.6) is 0 Å². The third-order valence-electron chi connectivity index (χ3n) is 5.42. The molecule has 1 heterocycles. The van der Waals surface area contributed by atoms with Gasteiger partial charge in [0.05, 0.1) is 12.7 Å². The van der Waals surface area contributed by atoms with Crippen LogP contribution in [0.4, 0.5) is 0 Å². The van der Waals surface area contributed by atoms with Crippen molar-refractivity contribution in [3.8, 4) is 0 Å². The van der Waals surface area contributed by atoms with E-state index in [0.29, 0.717) is 12.7 Å². The summed E-state index contributed by atoms with van der Waals surface area (Å²) in [6, 6.07) is 0. The Balaban J connectivity index is 2.08. The molecule has 3 heteroatoms. The van der Waals surface area contributed by atoms with E-state index in [1.165, 1.54) is 70.6 Å². The van der Waals surface area contributed by atoms with Gasteiger partial charge in [0, 0.05) is 13.2 Å². The molecule has 1 fully saturated rings. The van der Waals surface area contributed by atoms with E-state index in [-0.39, 0.29) is 0 Å². The molecule has 26 heavy (non-hydrogen) atoms. The van der Waals surface area contributed by atoms with Gasteiger partial charge in [-0.25, -0.2) is 5.11 Å². The summed E-state index contributed by atoms with van der Waals surface area (Å²) in [5, 5.41) is 11.7. The third-order valence-corrected chi connectivity index (χ3v) is 5.42. The van der Waals surface area contributed by atoms with Crippen LogP contribution in [0.3, 0.4) is 0 Å². The number of hydrogen-bond donors (Lipinski definition) is 0. The fraction of sp³-hybridized carbons (Fsp3) is 0.957. The topological polar surface area (TPSA) is 38.4 Å². The summed E-state index contributed by atoms with van der Waals surface area (Å²) < 4.78 is 11.7. The Morgan fingerprint density at radius 1 is 0.769 bits per heavy atom. The lowest BCUT2D eigenvalue weighted by Crippen LogP contribution is -2.16. The van der Waals surface area contributed by atoms with Crippen LogP contribution in [0.2, 0.25) is 0 Å². The van der Waals surface area contributed by atoms with Gasteiger partial charge < -0.3 is 9.47 Å². The van der Waals surface area contributed by atoms with Crippen molar-refractivity contribution in [2.75, 3.05) is 19.8 Å². The monoisotopic (exact) mass is 368 g/mol. The quantitative estimate of drug-likeness (QED) is 0.404. The Kier molecular flexibility index (Phi) is 16.8. The predicted octanol–water partition coefficient (Wildman–Crippen LogP) is 6.67. The molecule has 0 amide bonds. The summed E-state index contributed by atoms with van der Waals surface area (Å²) in [5.74, 6) is 0. The Labute approximate surface area is 163 Å². The van der Waals surface area contributed by atoms with Gasteiger partial charge in [0.2, 0.25) is 0 Å². The minimum atomic E-state index is -0.516. The molecule has 1 aliphatic heterocycles. The molecular formula is C23H44O3. The molecule has 1 rings (SSSR count). The van der Waals surface area contributed by atoms with Gasteiger partial charge in [-0.15, -0.1) is 0 Å². The van der Waals surface area contributed by atoms with E-state index in [2.05, 4.69) is 6.92 Å². The maximum absolute atomic E-state index is 11.7. The molecule has 1 saturated heterocycles. The minimum Gasteiger partial charge on any atom is -0.379 e. The molecule has 0 aliphatic carbocycles. The lowest BCUT2D eigenvalue weighted by Gasteiger charge is -2.19. The lowest BCUT2D eigenvalue weighted by molar-refractivity contribution is -0.0119. The molecule has 2 radical (unpaired) electrons. The summed E-state index contributed by atoms with van der Waals surface area (Å²) >= 11 is 0. The lowest BCUT2D eigenvalue weighted by atomic mass is 10.0. The molecule has 2 unspecified atom stereocenters. The van der Waals surface area contributed by atoms with E-state index >= 15 is 0 Å². The standard InChI is InChI=1S/C23H44O3/c1-2-3-4-5-6-7-10-14-20-26-23-17-12-9-8-11-16-22(24)21-25-19-15-13-18-23/h22-23H,1-21H2. The summed E-state index contributed by atoms with van der Waals surface area (Å²) in [6.07, 6.45) is 20.3. The summed E-state index contributed by atoms with van der Waals surface area (Å²) in [5.41, 5.74) is 0. The molecule has 0 saturated carbocycles. The fourth-order valence-electron chi connectivity index (χ4n) is 3.70. The fourth-order valence-corrected chi connectivity index (χ4v) is 3.70. The first-order valence-corrected chi connectivity index (χ1v) is 11.5. The van der Waals surface area contributed by atoms with E-state index < -0.39 is 6.10 Å². The Morgan fingerprint density at radius 3 is 2.12 bits per heavy atom. The SMILES string of the molecule is [CH2]CCCCCCCCCOC1CCCCCCC([O])COCCCC1. The number of ether oxygens (including phenoxy) is 2. The average molecular weight is 369 g/mol. The molecule has 0 bridgehead atoms. The van der Waals surface area contributed by atoms with Gasteiger partial charge in [-0.3, -0.25) is 0 Å². The van der Waals surface area contributed by atoms with Crippen molar-refractivity contribution >= 4 is 0 Å². The smallest absolute Gasteiger partial charge is 0.116 e. The highest BCUT2D eigenvalue weighted by Gasteiger charge is 2.11. The Morgan fingerprint density at radius 2 is 1.38 bits per heavy atom. The summed E-state index contributed by atoms with van der Waals surface area (Å²) in [6.45, 7) is 5.96. The average Bonchev–Trinajstić information content (AvgIpc) is 2.64. The van der Waals surface area contributed by atoms with Crippen LogP contribution in [0, 0.1) is 6.92 Å². The molecule has 1 aliphatic rings. The van der Waals surface area contributed by atoms with Gasteiger partial charge in [-0.1, -0.05) is 77.6 Å². The Hall–Kier alpha value is -0.120. The number of unbranched alkanes of at least 4 members (excludes halogenated alkanes) is 7. The van der Waals surface area contributed by atoms with Crippen LogP contribution in [0.1, 0.15) is 109 Å². The van der Waals surface area contributed by atoms with Crippen molar-refractivity contribution in [2.24, 2.45) is 0 Å². The highest BCUT2D eigenvalue weighted by molar-refractivity contribution is 4.62. The van der Waals surface area contributed by atoms with Crippen molar-refractivity contribution in [1.82, 2.24) is 0 Å². The molecule has 3 nitrogen and oxygen atoms in total. The van der Waals surface area contributed by atoms with Gasteiger partial charge in [0.1, 0.15) is 6.10 Å². The van der Waals surface area contributed by atoms with Crippen LogP contribution in [0.25, 0.3) is 0 Å². The van der Waals surface area contributed by atoms with Crippen molar-refractivity contribution < 1.29 is 14.6 Å². The molecular weight excluding hydrogens is 324 g/mol. The second-order valence-electron chi connectivity index (χ2n) is 8.01. The highest BCUT2D eigenvalue weighted by atomic mass is 16.5. The minimum absolute atomic E-state index is 0.398. The molecule has 0 aromatic carbocycles. The van der Waals surface area contributed by atoms with E-state index in [0.717, 1.165) is 51.7 Å². The van der Waals surface area contributed by atoms with Gasteiger partial charge in [0.25, 0.3) is 0 Å². The van der Waals surface area contributed by atoms with Crippen molar-refractivity contribution in [3.63, 3.8) is 0 Å². The van der Waals surface area contributed by atoms with Crippen molar-refractivity contribution in [2.45, 2.75) is 121 Å². The normalized spacial score (nSPS) is 24.2. The van der Waals surface area contributed by atoms with Gasteiger partial charge >= 0.3 is 0 Å². The summed E-state index contributed by atoms with van der Waals surface area (Å²) in [4.78, 5) is 0. The zero-order valence-corrected chi connectivity index (χ0v) is 17.2. The first-order chi connectivity index (χ1) is 12.8. The van der Waals surface area contributed by atoms with Crippen LogP contribution in [-0.2, 0) is 14.6 Å². The zero-order chi connectivity index (χ0) is 18.7. The van der Waals surface area contributed by atoms with Gasteiger partial charge in [-0.2, -0.15) is 0 Å². The Bertz CT molecular complexity index is 267. The highest BCUT2D eigenvalue weighted by Crippen LogP contribution is 2.17. The second-order valence-corrected chi connectivity index (χ2v) is 8.01. The van der Waals surface area contributed by atoms with E-state index in [1.54, 1.807) is 0 Å². The maximum Gasteiger partial charge on any atom is 0.116 e. The van der Waals surface area contributed by atoms with Crippen LogP contribution in [0.15, 0.2) is 0 Å². The number of hydrogen-bond acceptors (Lipinski definition) is 2. The van der Waals surface area contributed by atoms with Crippen LogP contribution < -0.4 is 0 Å².